The van der Waals surface area contributed by atoms with Gasteiger partial charge in [0.05, 0.1) is 11.1 Å². The minimum Gasteiger partial charge on any atom is -0.348 e. The van der Waals surface area contributed by atoms with Crippen molar-refractivity contribution >= 4 is 5.91 Å². The number of rotatable bonds is 3. The highest BCUT2D eigenvalue weighted by Gasteiger charge is 2.26. The van der Waals surface area contributed by atoms with Crippen LogP contribution in [0.4, 0.5) is 0 Å². The van der Waals surface area contributed by atoms with Gasteiger partial charge in [-0.25, -0.2) is 0 Å². The third kappa shape index (κ3) is 3.90. The molecule has 2 heterocycles. The molecule has 6 heteroatoms. The summed E-state index contributed by atoms with van der Waals surface area (Å²) >= 11 is 0. The van der Waals surface area contributed by atoms with Gasteiger partial charge in [0.15, 0.2) is 5.82 Å². The Bertz CT molecular complexity index is 748. The van der Waals surface area contributed by atoms with Gasteiger partial charge in [0.1, 0.15) is 0 Å². The number of carbonyl (C=O) groups excluding carboxylic acids is 1. The van der Waals surface area contributed by atoms with Gasteiger partial charge in [-0.1, -0.05) is 45.0 Å². The Kier molecular flexibility index (Phi) is 4.90. The van der Waals surface area contributed by atoms with Crippen LogP contribution in [0.15, 0.2) is 28.8 Å². The quantitative estimate of drug-likeness (QED) is 0.896. The van der Waals surface area contributed by atoms with Gasteiger partial charge in [-0.05, 0) is 31.0 Å². The van der Waals surface area contributed by atoms with Crippen LogP contribution >= 0.6 is 0 Å². The molecule has 3 rings (SSSR count). The van der Waals surface area contributed by atoms with E-state index in [9.17, 15) is 4.79 Å². The highest BCUT2D eigenvalue weighted by Crippen LogP contribution is 2.26. The summed E-state index contributed by atoms with van der Waals surface area (Å²) in [6, 6.07) is 7.49. The zero-order chi connectivity index (χ0) is 18.0. The third-order valence-corrected chi connectivity index (χ3v) is 4.64. The SMILES string of the molecule is CC1CCNCC1NC(=O)c1ccccc1-c1nc(C(C)(C)C)no1. The van der Waals surface area contributed by atoms with E-state index in [1.54, 1.807) is 6.07 Å². The van der Waals surface area contributed by atoms with Crippen molar-refractivity contribution in [3.05, 3.63) is 35.7 Å². The molecule has 0 saturated carbocycles. The molecule has 1 fully saturated rings. The van der Waals surface area contributed by atoms with E-state index < -0.39 is 0 Å². The molecule has 25 heavy (non-hydrogen) atoms. The van der Waals surface area contributed by atoms with Crippen molar-refractivity contribution in [2.24, 2.45) is 5.92 Å². The number of aromatic nitrogens is 2. The second kappa shape index (κ2) is 6.96. The monoisotopic (exact) mass is 342 g/mol. The Morgan fingerprint density at radius 1 is 1.32 bits per heavy atom. The number of carbonyl (C=O) groups is 1. The van der Waals surface area contributed by atoms with Crippen molar-refractivity contribution < 1.29 is 9.32 Å². The first-order chi connectivity index (χ1) is 11.9. The lowest BCUT2D eigenvalue weighted by Crippen LogP contribution is -2.50. The zero-order valence-electron chi connectivity index (χ0n) is 15.3. The van der Waals surface area contributed by atoms with E-state index in [2.05, 4.69) is 27.7 Å². The number of amides is 1. The maximum atomic E-state index is 12.8. The van der Waals surface area contributed by atoms with E-state index in [0.29, 0.717) is 28.8 Å². The molecule has 134 valence electrons. The van der Waals surface area contributed by atoms with E-state index in [1.807, 2.05) is 39.0 Å². The van der Waals surface area contributed by atoms with Crippen molar-refractivity contribution in [1.29, 1.82) is 0 Å². The van der Waals surface area contributed by atoms with Crippen molar-refractivity contribution in [2.45, 2.75) is 45.6 Å². The lowest BCUT2D eigenvalue weighted by atomic mass is 9.94. The van der Waals surface area contributed by atoms with Crippen LogP contribution in [0, 0.1) is 5.92 Å². The van der Waals surface area contributed by atoms with Crippen LogP contribution < -0.4 is 10.6 Å². The second-order valence-corrected chi connectivity index (χ2v) is 7.77. The first kappa shape index (κ1) is 17.6. The molecule has 1 amide bonds. The van der Waals surface area contributed by atoms with E-state index in [4.69, 9.17) is 4.52 Å². The van der Waals surface area contributed by atoms with Crippen LogP contribution in [0.25, 0.3) is 11.5 Å². The van der Waals surface area contributed by atoms with E-state index in [0.717, 1.165) is 19.5 Å². The Balaban J connectivity index is 1.85. The predicted molar refractivity (Wildman–Crippen MR) is 96.3 cm³/mol. The smallest absolute Gasteiger partial charge is 0.258 e. The highest BCUT2D eigenvalue weighted by molar-refractivity contribution is 6.00. The molecule has 1 aliphatic rings. The molecule has 0 radical (unpaired) electrons. The van der Waals surface area contributed by atoms with Crippen LogP contribution in [0.5, 0.6) is 0 Å². The fraction of sp³-hybridized carbons (Fsp3) is 0.526. The van der Waals surface area contributed by atoms with E-state index in [1.165, 1.54) is 0 Å². The summed E-state index contributed by atoms with van der Waals surface area (Å²) in [6.07, 6.45) is 1.06. The number of benzene rings is 1. The number of nitrogens with one attached hydrogen (secondary N) is 2. The number of piperidine rings is 1. The first-order valence-electron chi connectivity index (χ1n) is 8.81. The van der Waals surface area contributed by atoms with Crippen LogP contribution in [0.1, 0.15) is 50.3 Å². The molecule has 2 unspecified atom stereocenters. The van der Waals surface area contributed by atoms with Gasteiger partial charge in [0, 0.05) is 18.0 Å². The standard InChI is InChI=1S/C19H26N4O2/c1-12-9-10-20-11-15(12)21-16(24)13-7-5-6-8-14(13)17-22-18(23-25-17)19(2,3)4/h5-8,12,15,20H,9-11H2,1-4H3,(H,21,24). The summed E-state index contributed by atoms with van der Waals surface area (Å²) in [5.74, 6) is 1.35. The van der Waals surface area contributed by atoms with Crippen LogP contribution in [0.2, 0.25) is 0 Å². The molecular weight excluding hydrogens is 316 g/mol. The topological polar surface area (TPSA) is 80.0 Å². The maximum Gasteiger partial charge on any atom is 0.258 e. The number of hydrogen-bond donors (Lipinski definition) is 2. The Morgan fingerprint density at radius 2 is 2.08 bits per heavy atom. The molecule has 1 aromatic carbocycles. The van der Waals surface area contributed by atoms with Crippen molar-refractivity contribution in [2.75, 3.05) is 13.1 Å². The van der Waals surface area contributed by atoms with Crippen molar-refractivity contribution in [3.8, 4) is 11.5 Å². The lowest BCUT2D eigenvalue weighted by Gasteiger charge is -2.30. The van der Waals surface area contributed by atoms with Crippen LogP contribution in [0.3, 0.4) is 0 Å². The summed E-state index contributed by atoms with van der Waals surface area (Å²) in [7, 11) is 0. The van der Waals surface area contributed by atoms with Gasteiger partial charge in [0.2, 0.25) is 0 Å². The van der Waals surface area contributed by atoms with Crippen molar-refractivity contribution in [1.82, 2.24) is 20.8 Å². The van der Waals surface area contributed by atoms with Gasteiger partial charge in [-0.3, -0.25) is 4.79 Å². The molecular formula is C19H26N4O2. The normalized spacial score (nSPS) is 21.1. The molecule has 1 aromatic heterocycles. The van der Waals surface area contributed by atoms with Crippen molar-refractivity contribution in [3.63, 3.8) is 0 Å². The Labute approximate surface area is 148 Å². The molecule has 0 bridgehead atoms. The molecule has 6 nitrogen and oxygen atoms in total. The first-order valence-corrected chi connectivity index (χ1v) is 8.81. The molecule has 2 atom stereocenters. The minimum atomic E-state index is -0.206. The van der Waals surface area contributed by atoms with Crippen LogP contribution in [-0.2, 0) is 5.41 Å². The molecule has 1 aliphatic heterocycles. The Hall–Kier alpha value is -2.21. The third-order valence-electron chi connectivity index (χ3n) is 4.64. The fourth-order valence-electron chi connectivity index (χ4n) is 2.93. The summed E-state index contributed by atoms with van der Waals surface area (Å²) in [6.45, 7) is 10.0. The Morgan fingerprint density at radius 3 is 2.76 bits per heavy atom. The summed E-state index contributed by atoms with van der Waals surface area (Å²) in [5.41, 5.74) is 1.02. The molecule has 2 N–H and O–H groups in total. The van der Waals surface area contributed by atoms with Gasteiger partial charge < -0.3 is 15.2 Å². The van der Waals surface area contributed by atoms with Gasteiger partial charge >= 0.3 is 0 Å². The average Bonchev–Trinajstić information content (AvgIpc) is 3.07. The average molecular weight is 342 g/mol. The molecule has 1 saturated heterocycles. The second-order valence-electron chi connectivity index (χ2n) is 7.77. The predicted octanol–water partition coefficient (Wildman–Crippen LogP) is 2.76. The molecule has 0 spiro atoms. The zero-order valence-corrected chi connectivity index (χ0v) is 15.3. The molecule has 0 aliphatic carbocycles. The van der Waals surface area contributed by atoms with Crippen LogP contribution in [-0.4, -0.2) is 35.2 Å². The maximum absolute atomic E-state index is 12.8. The number of nitrogens with zero attached hydrogens (tertiary/aromatic N) is 2. The van der Waals surface area contributed by atoms with Gasteiger partial charge in [0.25, 0.3) is 11.8 Å². The van der Waals surface area contributed by atoms with E-state index >= 15 is 0 Å². The summed E-state index contributed by atoms with van der Waals surface area (Å²) in [5, 5.41) is 10.5. The summed E-state index contributed by atoms with van der Waals surface area (Å²) in [4.78, 5) is 17.3. The lowest BCUT2D eigenvalue weighted by molar-refractivity contribution is 0.0915. The van der Waals surface area contributed by atoms with Gasteiger partial charge in [-0.2, -0.15) is 4.98 Å². The van der Waals surface area contributed by atoms with Gasteiger partial charge in [-0.15, -0.1) is 0 Å². The summed E-state index contributed by atoms with van der Waals surface area (Å²) < 4.78 is 5.43. The largest absolute Gasteiger partial charge is 0.348 e. The minimum absolute atomic E-state index is 0.105. The molecule has 2 aromatic rings. The fourth-order valence-corrected chi connectivity index (χ4v) is 2.93. The number of hydrogen-bond acceptors (Lipinski definition) is 5. The van der Waals surface area contributed by atoms with E-state index in [-0.39, 0.29) is 17.4 Å². The highest BCUT2D eigenvalue weighted by atomic mass is 16.5.